The molecule has 0 saturated carbocycles. The molecule has 0 saturated heterocycles. The predicted octanol–water partition coefficient (Wildman–Crippen LogP) is 12.1. The monoisotopic (exact) mass is 643 g/mol. The molecular weight excluding hydrogens is 615 g/mol. The Bertz CT molecular complexity index is 2720. The van der Waals surface area contributed by atoms with E-state index in [1.165, 1.54) is 0 Å². The van der Waals surface area contributed by atoms with Crippen LogP contribution in [0.1, 0.15) is 11.3 Å². The molecule has 50 heavy (non-hydrogen) atoms. The van der Waals surface area contributed by atoms with Crippen molar-refractivity contribution in [3.63, 3.8) is 0 Å². The highest BCUT2D eigenvalue weighted by molar-refractivity contribution is 6.15. The number of hydrogen-bond donors (Lipinski definition) is 0. The van der Waals surface area contributed by atoms with Gasteiger partial charge in [0.25, 0.3) is 0 Å². The van der Waals surface area contributed by atoms with Gasteiger partial charge >= 0.3 is 0 Å². The Balaban J connectivity index is 1.17. The van der Waals surface area contributed by atoms with Crippen molar-refractivity contribution in [2.24, 2.45) is 0 Å². The van der Waals surface area contributed by atoms with Crippen LogP contribution in [-0.4, -0.2) is 15.0 Å². The van der Waals surface area contributed by atoms with Crippen LogP contribution in [0.4, 0.5) is 0 Å². The minimum atomic E-state index is 0.603. The summed E-state index contributed by atoms with van der Waals surface area (Å²) in [6, 6.07) is 47.2. The summed E-state index contributed by atoms with van der Waals surface area (Å²) in [6.07, 6.45) is 3.51. The molecule has 0 fully saturated rings. The summed E-state index contributed by atoms with van der Waals surface area (Å²) >= 11 is 0. The first-order chi connectivity index (χ1) is 24.7. The molecule has 0 unspecified atom stereocenters. The zero-order valence-corrected chi connectivity index (χ0v) is 27.0. The van der Waals surface area contributed by atoms with Gasteiger partial charge < -0.3 is 8.83 Å². The summed E-state index contributed by atoms with van der Waals surface area (Å²) in [6.45, 7) is 7.88. The molecule has 0 atom stereocenters. The van der Waals surface area contributed by atoms with Crippen LogP contribution in [0.3, 0.4) is 0 Å². The van der Waals surface area contributed by atoms with Crippen LogP contribution < -0.4 is 0 Å². The van der Waals surface area contributed by atoms with Gasteiger partial charge in [0.1, 0.15) is 22.5 Å². The van der Waals surface area contributed by atoms with Crippen molar-refractivity contribution in [2.45, 2.75) is 0 Å². The molecule has 9 rings (SSSR count). The molecule has 3 aromatic heterocycles. The van der Waals surface area contributed by atoms with Crippen LogP contribution in [-0.2, 0) is 0 Å². The highest BCUT2D eigenvalue weighted by Crippen LogP contribution is 2.41. The Hall–Kier alpha value is -6.85. The summed E-state index contributed by atoms with van der Waals surface area (Å²) in [4.78, 5) is 15.0. The van der Waals surface area contributed by atoms with E-state index >= 15 is 0 Å². The molecule has 0 amide bonds. The smallest absolute Gasteiger partial charge is 0.164 e. The van der Waals surface area contributed by atoms with Crippen molar-refractivity contribution < 1.29 is 8.83 Å². The van der Waals surface area contributed by atoms with Crippen LogP contribution in [0, 0.1) is 0 Å². The van der Waals surface area contributed by atoms with E-state index in [2.05, 4.69) is 73.8 Å². The third-order valence-corrected chi connectivity index (χ3v) is 9.14. The number of furan rings is 2. The Labute approximate surface area is 288 Å². The molecule has 3 heterocycles. The predicted molar refractivity (Wildman–Crippen MR) is 204 cm³/mol. The van der Waals surface area contributed by atoms with Gasteiger partial charge in [0.05, 0.1) is 0 Å². The van der Waals surface area contributed by atoms with E-state index in [9.17, 15) is 0 Å². The van der Waals surface area contributed by atoms with Crippen molar-refractivity contribution >= 4 is 45.1 Å². The lowest BCUT2D eigenvalue weighted by Crippen LogP contribution is -2.01. The molecule has 5 heteroatoms. The first kappa shape index (κ1) is 29.3. The van der Waals surface area contributed by atoms with Gasteiger partial charge in [-0.2, -0.15) is 0 Å². The van der Waals surface area contributed by atoms with Crippen LogP contribution in [0.5, 0.6) is 0 Å². The summed E-state index contributed by atoms with van der Waals surface area (Å²) in [5, 5.41) is 2.96. The highest BCUT2D eigenvalue weighted by Gasteiger charge is 2.19. The van der Waals surface area contributed by atoms with Crippen LogP contribution in [0.25, 0.3) is 101 Å². The Kier molecular flexibility index (Phi) is 7.03. The normalized spacial score (nSPS) is 11.4. The molecule has 9 aromatic rings. The molecule has 0 aliphatic rings. The largest absolute Gasteiger partial charge is 0.456 e. The lowest BCUT2D eigenvalue weighted by atomic mass is 9.97. The number of aromatic nitrogens is 3. The summed E-state index contributed by atoms with van der Waals surface area (Å²) in [7, 11) is 0. The maximum absolute atomic E-state index is 6.38. The maximum atomic E-state index is 6.38. The van der Waals surface area contributed by atoms with Crippen LogP contribution in [0.2, 0.25) is 0 Å². The standard InChI is InChI=1S/C45H29N3O2/c1-3-32-36-26-41-37(27-40(36)49-38(32)4-2)42-34(20-13-21-39(42)50-41)29-22-24-31(25-23-29)44-46-43(30-16-9-6-10-17-30)47-45(48-44)35-19-12-11-18-33(35)28-14-7-5-8-15-28/h3-27H,1-2H2. The lowest BCUT2D eigenvalue weighted by Gasteiger charge is -2.12. The third kappa shape index (κ3) is 4.92. The number of fused-ring (bicyclic) bond motifs is 4. The molecule has 0 radical (unpaired) electrons. The maximum Gasteiger partial charge on any atom is 0.164 e. The second-order valence-electron chi connectivity index (χ2n) is 12.1. The van der Waals surface area contributed by atoms with Crippen LogP contribution >= 0.6 is 0 Å². The number of nitrogens with zero attached hydrogens (tertiary/aromatic N) is 3. The zero-order chi connectivity index (χ0) is 33.6. The van der Waals surface area contributed by atoms with E-state index in [4.69, 9.17) is 23.8 Å². The van der Waals surface area contributed by atoms with E-state index in [0.717, 1.165) is 77.4 Å². The van der Waals surface area contributed by atoms with Gasteiger partial charge in [0, 0.05) is 38.4 Å². The van der Waals surface area contributed by atoms with E-state index in [1.807, 2.05) is 78.9 Å². The average Bonchev–Trinajstić information content (AvgIpc) is 3.74. The highest BCUT2D eigenvalue weighted by atomic mass is 16.3. The molecule has 0 spiro atoms. The molecule has 0 N–H and O–H groups in total. The number of hydrogen-bond acceptors (Lipinski definition) is 5. The Morgan fingerprint density at radius 2 is 0.960 bits per heavy atom. The van der Waals surface area contributed by atoms with E-state index in [1.54, 1.807) is 12.2 Å². The summed E-state index contributed by atoms with van der Waals surface area (Å²) in [5.41, 5.74) is 10.3. The van der Waals surface area contributed by atoms with Gasteiger partial charge in [0.2, 0.25) is 0 Å². The fourth-order valence-electron chi connectivity index (χ4n) is 6.74. The van der Waals surface area contributed by atoms with Crippen molar-refractivity contribution in [2.75, 3.05) is 0 Å². The van der Waals surface area contributed by atoms with Gasteiger partial charge in [0.15, 0.2) is 17.5 Å². The summed E-state index contributed by atoms with van der Waals surface area (Å²) in [5.74, 6) is 2.54. The van der Waals surface area contributed by atoms with E-state index < -0.39 is 0 Å². The molecule has 5 nitrogen and oxygen atoms in total. The first-order valence-electron chi connectivity index (χ1n) is 16.4. The van der Waals surface area contributed by atoms with Crippen molar-refractivity contribution in [3.05, 3.63) is 164 Å². The van der Waals surface area contributed by atoms with E-state index in [0.29, 0.717) is 23.2 Å². The zero-order valence-electron chi connectivity index (χ0n) is 27.0. The topological polar surface area (TPSA) is 65.0 Å². The van der Waals surface area contributed by atoms with Gasteiger partial charge in [-0.25, -0.2) is 15.0 Å². The van der Waals surface area contributed by atoms with Crippen molar-refractivity contribution in [3.8, 4) is 56.4 Å². The van der Waals surface area contributed by atoms with Gasteiger partial charge in [-0.1, -0.05) is 141 Å². The lowest BCUT2D eigenvalue weighted by molar-refractivity contribution is 0.603. The first-order valence-corrected chi connectivity index (χ1v) is 16.4. The SMILES string of the molecule is C=Cc1oc2cc3c(cc2c1C=C)oc1cccc(-c2ccc(-c4nc(-c5ccccc5)nc(-c5ccccc5-c5ccccc5)n4)cc2)c13. The molecule has 6 aromatic carbocycles. The number of benzene rings is 6. The second kappa shape index (κ2) is 12.0. The molecular formula is C45H29N3O2. The third-order valence-electron chi connectivity index (χ3n) is 9.14. The minimum absolute atomic E-state index is 0.603. The van der Waals surface area contributed by atoms with Gasteiger partial charge in [-0.3, -0.25) is 0 Å². The minimum Gasteiger partial charge on any atom is -0.456 e. The summed E-state index contributed by atoms with van der Waals surface area (Å²) < 4.78 is 12.5. The van der Waals surface area contributed by atoms with Crippen molar-refractivity contribution in [1.29, 1.82) is 0 Å². The van der Waals surface area contributed by atoms with Crippen LogP contribution in [0.15, 0.2) is 162 Å². The van der Waals surface area contributed by atoms with Gasteiger partial charge in [-0.15, -0.1) is 0 Å². The quantitative estimate of drug-likeness (QED) is 0.173. The average molecular weight is 644 g/mol. The second-order valence-corrected chi connectivity index (χ2v) is 12.1. The molecule has 0 aliphatic carbocycles. The van der Waals surface area contributed by atoms with E-state index in [-0.39, 0.29) is 0 Å². The number of rotatable bonds is 7. The Morgan fingerprint density at radius 3 is 1.66 bits per heavy atom. The fraction of sp³-hybridized carbons (Fsp3) is 0. The fourth-order valence-corrected chi connectivity index (χ4v) is 6.74. The van der Waals surface area contributed by atoms with Gasteiger partial charge in [-0.05, 0) is 46.5 Å². The molecule has 0 aliphatic heterocycles. The molecule has 0 bridgehead atoms. The molecule has 236 valence electrons. The van der Waals surface area contributed by atoms with Crippen molar-refractivity contribution in [1.82, 2.24) is 15.0 Å². The Morgan fingerprint density at radius 1 is 0.420 bits per heavy atom.